The molecule has 0 saturated carbocycles. The van der Waals surface area contributed by atoms with Gasteiger partial charge in [-0.25, -0.2) is 9.48 Å². The summed E-state index contributed by atoms with van der Waals surface area (Å²) in [6.45, 7) is 0. The highest BCUT2D eigenvalue weighted by Crippen LogP contribution is 2.11. The van der Waals surface area contributed by atoms with Gasteiger partial charge in [0, 0.05) is 18.6 Å². The Bertz CT molecular complexity index is 548. The van der Waals surface area contributed by atoms with Crippen molar-refractivity contribution < 1.29 is 14.7 Å². The van der Waals surface area contributed by atoms with Gasteiger partial charge in [0.2, 0.25) is 0 Å². The van der Waals surface area contributed by atoms with Crippen molar-refractivity contribution in [2.75, 3.05) is 0 Å². The molecule has 1 N–H and O–H groups in total. The van der Waals surface area contributed by atoms with Gasteiger partial charge in [0.15, 0.2) is 6.29 Å². The summed E-state index contributed by atoms with van der Waals surface area (Å²) in [4.78, 5) is 25.2. The van der Waals surface area contributed by atoms with Gasteiger partial charge in [-0.1, -0.05) is 0 Å². The molecule has 0 saturated heterocycles. The Labute approximate surface area is 90.2 Å². The molecular weight excluding hydrogens is 210 g/mol. The van der Waals surface area contributed by atoms with E-state index >= 15 is 0 Å². The van der Waals surface area contributed by atoms with Crippen molar-refractivity contribution >= 4 is 12.3 Å². The third-order valence-corrected chi connectivity index (χ3v) is 2.03. The summed E-state index contributed by atoms with van der Waals surface area (Å²) < 4.78 is 1.33. The number of pyridine rings is 1. The molecule has 2 aromatic heterocycles. The van der Waals surface area contributed by atoms with E-state index in [2.05, 4.69) is 10.1 Å². The van der Waals surface area contributed by atoms with Crippen molar-refractivity contribution in [3.8, 4) is 5.69 Å². The fraction of sp³-hybridized carbons (Fsp3) is 0. The first-order chi connectivity index (χ1) is 7.72. The van der Waals surface area contributed by atoms with E-state index in [1.54, 1.807) is 6.07 Å². The minimum Gasteiger partial charge on any atom is -0.478 e. The van der Waals surface area contributed by atoms with Crippen LogP contribution in [0.2, 0.25) is 0 Å². The smallest absolute Gasteiger partial charge is 0.338 e. The third kappa shape index (κ3) is 1.68. The van der Waals surface area contributed by atoms with Crippen molar-refractivity contribution in [3.63, 3.8) is 0 Å². The first-order valence-electron chi connectivity index (χ1n) is 4.40. The Morgan fingerprint density at radius 1 is 1.44 bits per heavy atom. The minimum atomic E-state index is -1.06. The number of aromatic nitrogens is 3. The number of carbonyl (C=O) groups excluding carboxylic acids is 1. The monoisotopic (exact) mass is 217 g/mol. The Balaban J connectivity index is 2.50. The van der Waals surface area contributed by atoms with Gasteiger partial charge in [-0.3, -0.25) is 9.78 Å². The molecule has 80 valence electrons. The zero-order chi connectivity index (χ0) is 11.5. The molecule has 0 aliphatic carbocycles. The highest BCUT2D eigenvalue weighted by molar-refractivity contribution is 5.87. The maximum atomic E-state index is 10.7. The van der Waals surface area contributed by atoms with Crippen molar-refractivity contribution in [3.05, 3.63) is 42.0 Å². The summed E-state index contributed by atoms with van der Waals surface area (Å²) in [5.74, 6) is -1.06. The van der Waals surface area contributed by atoms with E-state index in [-0.39, 0.29) is 5.56 Å². The van der Waals surface area contributed by atoms with Gasteiger partial charge in [-0.05, 0) is 6.07 Å². The van der Waals surface area contributed by atoms with Crippen LogP contribution in [0.5, 0.6) is 0 Å². The second-order valence-electron chi connectivity index (χ2n) is 3.03. The van der Waals surface area contributed by atoms with E-state index in [1.807, 2.05) is 0 Å². The van der Waals surface area contributed by atoms with Crippen LogP contribution in [0.3, 0.4) is 0 Å². The first kappa shape index (κ1) is 10.0. The topological polar surface area (TPSA) is 85.1 Å². The molecule has 6 heteroatoms. The second-order valence-corrected chi connectivity index (χ2v) is 3.03. The van der Waals surface area contributed by atoms with Gasteiger partial charge in [0.1, 0.15) is 0 Å². The van der Waals surface area contributed by atoms with Crippen molar-refractivity contribution in [1.29, 1.82) is 0 Å². The summed E-state index contributed by atoms with van der Waals surface area (Å²) in [5, 5.41) is 12.6. The maximum absolute atomic E-state index is 10.7. The predicted octanol–water partition coefficient (Wildman–Crippen LogP) is 0.778. The third-order valence-electron chi connectivity index (χ3n) is 2.03. The van der Waals surface area contributed by atoms with Crippen LogP contribution in [0.25, 0.3) is 5.69 Å². The molecule has 2 heterocycles. The van der Waals surface area contributed by atoms with Crippen LogP contribution in [0.15, 0.2) is 30.9 Å². The molecule has 0 spiro atoms. The van der Waals surface area contributed by atoms with Crippen LogP contribution in [-0.2, 0) is 0 Å². The van der Waals surface area contributed by atoms with Gasteiger partial charge in [-0.15, -0.1) is 0 Å². The number of nitrogens with zero attached hydrogens (tertiary/aromatic N) is 3. The molecule has 2 aromatic rings. The highest BCUT2D eigenvalue weighted by atomic mass is 16.4. The molecular formula is C10H7N3O3. The average molecular weight is 217 g/mol. The highest BCUT2D eigenvalue weighted by Gasteiger charge is 2.09. The molecule has 6 nitrogen and oxygen atoms in total. The van der Waals surface area contributed by atoms with Crippen LogP contribution >= 0.6 is 0 Å². The molecule has 0 atom stereocenters. The fourth-order valence-electron chi connectivity index (χ4n) is 1.26. The lowest BCUT2D eigenvalue weighted by molar-refractivity contribution is 0.0696. The molecule has 0 bridgehead atoms. The first-order valence-corrected chi connectivity index (χ1v) is 4.40. The number of carboxylic acid groups (broad SMARTS) is 1. The molecule has 0 fully saturated rings. The Morgan fingerprint density at radius 2 is 2.25 bits per heavy atom. The summed E-state index contributed by atoms with van der Waals surface area (Å²) in [6, 6.07) is 1.59. The van der Waals surface area contributed by atoms with Crippen molar-refractivity contribution in [2.24, 2.45) is 0 Å². The molecule has 0 aromatic carbocycles. The molecule has 0 amide bonds. The van der Waals surface area contributed by atoms with Gasteiger partial charge in [0.25, 0.3) is 0 Å². The quantitative estimate of drug-likeness (QED) is 0.768. The number of rotatable bonds is 3. The predicted molar refractivity (Wildman–Crippen MR) is 53.7 cm³/mol. The SMILES string of the molecule is O=Cc1cnccc1-n1cc(C(=O)O)cn1. The zero-order valence-electron chi connectivity index (χ0n) is 8.07. The lowest BCUT2D eigenvalue weighted by Gasteiger charge is -2.02. The number of carbonyl (C=O) groups is 2. The molecule has 2 rings (SSSR count). The van der Waals surface area contributed by atoms with E-state index in [1.165, 1.54) is 29.5 Å². The number of aromatic carboxylic acids is 1. The molecule has 0 radical (unpaired) electrons. The molecule has 0 aliphatic heterocycles. The summed E-state index contributed by atoms with van der Waals surface area (Å²) in [7, 11) is 0. The zero-order valence-corrected chi connectivity index (χ0v) is 8.07. The van der Waals surface area contributed by atoms with E-state index in [9.17, 15) is 9.59 Å². The van der Waals surface area contributed by atoms with Crippen LogP contribution in [0.1, 0.15) is 20.7 Å². The van der Waals surface area contributed by atoms with Gasteiger partial charge >= 0.3 is 5.97 Å². The molecule has 0 unspecified atom stereocenters. The Kier molecular flexibility index (Phi) is 2.47. The largest absolute Gasteiger partial charge is 0.478 e. The standard InChI is InChI=1S/C10H7N3O3/c14-6-8-3-11-2-1-9(8)13-5-7(4-12-13)10(15)16/h1-6H,(H,15,16). The number of hydrogen-bond acceptors (Lipinski definition) is 4. The summed E-state index contributed by atoms with van der Waals surface area (Å²) in [5.41, 5.74) is 0.911. The van der Waals surface area contributed by atoms with E-state index < -0.39 is 5.97 Å². The number of carboxylic acids is 1. The van der Waals surface area contributed by atoms with Crippen molar-refractivity contribution in [1.82, 2.24) is 14.8 Å². The normalized spacial score (nSPS) is 10.0. The summed E-state index contributed by atoms with van der Waals surface area (Å²) >= 11 is 0. The van der Waals surface area contributed by atoms with Crippen LogP contribution < -0.4 is 0 Å². The van der Waals surface area contributed by atoms with E-state index in [0.717, 1.165) is 0 Å². The second kappa shape index (κ2) is 3.93. The lowest BCUT2D eigenvalue weighted by atomic mass is 10.2. The van der Waals surface area contributed by atoms with Crippen LogP contribution in [0.4, 0.5) is 0 Å². The van der Waals surface area contributed by atoms with Gasteiger partial charge < -0.3 is 5.11 Å². The summed E-state index contributed by atoms with van der Waals surface area (Å²) in [6.07, 6.45) is 6.10. The Hall–Kier alpha value is -2.50. The maximum Gasteiger partial charge on any atom is 0.338 e. The molecule has 0 aliphatic rings. The van der Waals surface area contributed by atoms with Crippen molar-refractivity contribution in [2.45, 2.75) is 0 Å². The fourth-order valence-corrected chi connectivity index (χ4v) is 1.26. The minimum absolute atomic E-state index is 0.0636. The average Bonchev–Trinajstić information content (AvgIpc) is 2.78. The lowest BCUT2D eigenvalue weighted by Crippen LogP contribution is -2.00. The number of aldehydes is 1. The van der Waals surface area contributed by atoms with Crippen LogP contribution in [-0.4, -0.2) is 32.1 Å². The van der Waals surface area contributed by atoms with E-state index in [0.29, 0.717) is 17.5 Å². The van der Waals surface area contributed by atoms with Gasteiger partial charge in [-0.2, -0.15) is 5.10 Å². The van der Waals surface area contributed by atoms with Gasteiger partial charge in [0.05, 0.1) is 23.0 Å². The van der Waals surface area contributed by atoms with E-state index in [4.69, 9.17) is 5.11 Å². The van der Waals surface area contributed by atoms with Crippen LogP contribution in [0, 0.1) is 0 Å². The Morgan fingerprint density at radius 3 is 2.88 bits per heavy atom. The number of hydrogen-bond donors (Lipinski definition) is 1. The molecule has 16 heavy (non-hydrogen) atoms.